The highest BCUT2D eigenvalue weighted by atomic mass is 16.6. The summed E-state index contributed by atoms with van der Waals surface area (Å²) in [5.41, 5.74) is 1.44. The van der Waals surface area contributed by atoms with Crippen LogP contribution in [-0.4, -0.2) is 37.4 Å². The van der Waals surface area contributed by atoms with Crippen LogP contribution >= 0.6 is 0 Å². The fourth-order valence-electron chi connectivity index (χ4n) is 2.22. The van der Waals surface area contributed by atoms with Crippen molar-refractivity contribution in [2.75, 3.05) is 20.3 Å². The lowest BCUT2D eigenvalue weighted by Gasteiger charge is -2.04. The summed E-state index contributed by atoms with van der Waals surface area (Å²) in [6.07, 6.45) is 1.29. The molecule has 0 saturated carbocycles. The predicted molar refractivity (Wildman–Crippen MR) is 92.3 cm³/mol. The maximum atomic E-state index is 11.8. The van der Waals surface area contributed by atoms with Crippen LogP contribution in [0.25, 0.3) is 17.4 Å². The van der Waals surface area contributed by atoms with E-state index in [2.05, 4.69) is 0 Å². The van der Waals surface area contributed by atoms with Gasteiger partial charge in [-0.1, -0.05) is 6.07 Å². The normalized spacial score (nSPS) is 11.0. The maximum Gasteiger partial charge on any atom is 0.349 e. The summed E-state index contributed by atoms with van der Waals surface area (Å²) >= 11 is 0. The highest BCUT2D eigenvalue weighted by molar-refractivity contribution is 5.97. The molecule has 0 amide bonds. The minimum Gasteiger partial charge on any atom is -0.478 e. The number of esters is 1. The Bertz CT molecular complexity index is 888. The van der Waals surface area contributed by atoms with Crippen LogP contribution in [0.5, 0.6) is 0 Å². The van der Waals surface area contributed by atoms with Gasteiger partial charge in [-0.15, -0.1) is 0 Å². The smallest absolute Gasteiger partial charge is 0.349 e. The lowest BCUT2D eigenvalue weighted by molar-refractivity contribution is -0.139. The van der Waals surface area contributed by atoms with E-state index in [1.54, 1.807) is 37.3 Å². The Labute approximate surface area is 150 Å². The Balaban J connectivity index is 2.22. The number of nitriles is 1. The van der Waals surface area contributed by atoms with Crippen LogP contribution in [0.1, 0.15) is 21.7 Å². The van der Waals surface area contributed by atoms with Gasteiger partial charge in [-0.2, -0.15) is 5.26 Å². The summed E-state index contributed by atoms with van der Waals surface area (Å²) in [5, 5.41) is 18.1. The summed E-state index contributed by atoms with van der Waals surface area (Å²) in [6, 6.07) is 9.75. The van der Waals surface area contributed by atoms with Crippen LogP contribution in [0.15, 0.2) is 40.3 Å². The highest BCUT2D eigenvalue weighted by Gasteiger charge is 2.14. The lowest BCUT2D eigenvalue weighted by Crippen LogP contribution is -2.11. The van der Waals surface area contributed by atoms with Gasteiger partial charge < -0.3 is 19.0 Å². The number of carboxylic acids is 1. The number of ether oxygens (including phenoxy) is 2. The number of benzene rings is 1. The number of furan rings is 1. The van der Waals surface area contributed by atoms with Crippen molar-refractivity contribution in [3.8, 4) is 17.4 Å². The fourth-order valence-corrected chi connectivity index (χ4v) is 2.22. The minimum absolute atomic E-state index is 0.0485. The Kier molecular flexibility index (Phi) is 6.31. The molecule has 1 N–H and O–H groups in total. The van der Waals surface area contributed by atoms with E-state index in [1.807, 2.05) is 0 Å². The lowest BCUT2D eigenvalue weighted by atomic mass is 10.0. The molecule has 7 heteroatoms. The average molecular weight is 355 g/mol. The number of rotatable bonds is 7. The number of aromatic carboxylic acids is 1. The summed E-state index contributed by atoms with van der Waals surface area (Å²) < 4.78 is 15.3. The molecule has 2 rings (SSSR count). The molecule has 0 unspecified atom stereocenters. The number of carbonyl (C=O) groups is 2. The van der Waals surface area contributed by atoms with Gasteiger partial charge in [0.2, 0.25) is 0 Å². The largest absolute Gasteiger partial charge is 0.478 e. The zero-order valence-corrected chi connectivity index (χ0v) is 14.3. The first-order valence-corrected chi connectivity index (χ1v) is 7.68. The second-order valence-corrected chi connectivity index (χ2v) is 5.34. The molecular weight excluding hydrogens is 338 g/mol. The molecule has 2 aromatic rings. The molecule has 134 valence electrons. The van der Waals surface area contributed by atoms with Crippen LogP contribution in [0.3, 0.4) is 0 Å². The van der Waals surface area contributed by atoms with Crippen molar-refractivity contribution in [1.82, 2.24) is 0 Å². The van der Waals surface area contributed by atoms with Crippen molar-refractivity contribution in [2.24, 2.45) is 0 Å². The first kappa shape index (κ1) is 19.0. The highest BCUT2D eigenvalue weighted by Crippen LogP contribution is 2.27. The quantitative estimate of drug-likeness (QED) is 0.352. The number of hydrogen-bond donors (Lipinski definition) is 1. The molecule has 0 radical (unpaired) electrons. The summed E-state index contributed by atoms with van der Waals surface area (Å²) in [5.74, 6) is -0.962. The molecular formula is C19H17NO6. The zero-order valence-electron chi connectivity index (χ0n) is 14.3. The maximum absolute atomic E-state index is 11.8. The van der Waals surface area contributed by atoms with Gasteiger partial charge in [0.15, 0.2) is 0 Å². The van der Waals surface area contributed by atoms with Gasteiger partial charge in [-0.25, -0.2) is 9.59 Å². The third-order valence-electron chi connectivity index (χ3n) is 3.51. The van der Waals surface area contributed by atoms with Crippen molar-refractivity contribution in [3.63, 3.8) is 0 Å². The van der Waals surface area contributed by atoms with Gasteiger partial charge in [0.05, 0.1) is 12.2 Å². The molecule has 26 heavy (non-hydrogen) atoms. The second kappa shape index (κ2) is 8.65. The molecule has 7 nitrogen and oxygen atoms in total. The topological polar surface area (TPSA) is 110 Å². The number of nitrogens with zero attached hydrogens (tertiary/aromatic N) is 1. The van der Waals surface area contributed by atoms with E-state index in [9.17, 15) is 9.59 Å². The molecule has 0 spiro atoms. The molecule has 0 saturated heterocycles. The van der Waals surface area contributed by atoms with Gasteiger partial charge in [0, 0.05) is 18.7 Å². The van der Waals surface area contributed by atoms with E-state index in [0.29, 0.717) is 11.5 Å². The number of hydrogen-bond acceptors (Lipinski definition) is 6. The first-order valence-electron chi connectivity index (χ1n) is 7.68. The van der Waals surface area contributed by atoms with Crippen molar-refractivity contribution in [3.05, 3.63) is 52.8 Å². The van der Waals surface area contributed by atoms with Gasteiger partial charge in [0.1, 0.15) is 29.8 Å². The molecule has 0 fully saturated rings. The van der Waals surface area contributed by atoms with E-state index >= 15 is 0 Å². The molecule has 0 aliphatic rings. The van der Waals surface area contributed by atoms with Crippen LogP contribution in [0, 0.1) is 18.3 Å². The Hall–Kier alpha value is -3.37. The van der Waals surface area contributed by atoms with Gasteiger partial charge in [0.25, 0.3) is 0 Å². The first-order chi connectivity index (χ1) is 12.5. The molecule has 1 aromatic carbocycles. The Morgan fingerprint density at radius 3 is 2.65 bits per heavy atom. The fraction of sp³-hybridized carbons (Fsp3) is 0.211. The van der Waals surface area contributed by atoms with Gasteiger partial charge >= 0.3 is 11.9 Å². The minimum atomic E-state index is -1.01. The van der Waals surface area contributed by atoms with Crippen LogP contribution in [0.2, 0.25) is 0 Å². The van der Waals surface area contributed by atoms with Crippen molar-refractivity contribution < 1.29 is 28.6 Å². The SMILES string of the molecule is COCCOC(=O)C(C#N)=Cc1ccc(-c2ccc(C(=O)O)cc2C)o1. The summed E-state index contributed by atoms with van der Waals surface area (Å²) in [4.78, 5) is 22.8. The number of carbonyl (C=O) groups excluding carboxylic acids is 1. The Morgan fingerprint density at radius 1 is 1.27 bits per heavy atom. The standard InChI is InChI=1S/C19H17NO6/c1-12-9-13(18(21)22)3-5-16(12)17-6-4-15(26-17)10-14(11-20)19(23)25-8-7-24-2/h3-6,9-10H,7-8H2,1-2H3,(H,21,22). The van der Waals surface area contributed by atoms with E-state index in [-0.39, 0.29) is 24.4 Å². The van der Waals surface area contributed by atoms with E-state index < -0.39 is 11.9 Å². The third-order valence-corrected chi connectivity index (χ3v) is 3.51. The molecule has 1 aromatic heterocycles. The van der Waals surface area contributed by atoms with Crippen LogP contribution in [0.4, 0.5) is 0 Å². The molecule has 0 atom stereocenters. The Morgan fingerprint density at radius 2 is 2.04 bits per heavy atom. The third kappa shape index (κ3) is 4.59. The molecule has 0 aliphatic carbocycles. The van der Waals surface area contributed by atoms with Crippen LogP contribution in [-0.2, 0) is 14.3 Å². The number of aryl methyl sites for hydroxylation is 1. The predicted octanol–water partition coefficient (Wildman–Crippen LogP) is 3.05. The van der Waals surface area contributed by atoms with E-state index in [1.165, 1.54) is 19.3 Å². The summed E-state index contributed by atoms with van der Waals surface area (Å²) in [6.45, 7) is 2.06. The molecule has 0 bridgehead atoms. The van der Waals surface area contributed by atoms with Crippen molar-refractivity contribution in [2.45, 2.75) is 6.92 Å². The van der Waals surface area contributed by atoms with E-state index in [4.69, 9.17) is 24.3 Å². The van der Waals surface area contributed by atoms with Crippen LogP contribution < -0.4 is 0 Å². The monoisotopic (exact) mass is 355 g/mol. The average Bonchev–Trinajstić information content (AvgIpc) is 3.07. The van der Waals surface area contributed by atoms with Crippen molar-refractivity contribution >= 4 is 18.0 Å². The summed E-state index contributed by atoms with van der Waals surface area (Å²) in [7, 11) is 1.48. The van der Waals surface area contributed by atoms with Gasteiger partial charge in [-0.05, 0) is 36.8 Å². The second-order valence-electron chi connectivity index (χ2n) is 5.34. The van der Waals surface area contributed by atoms with E-state index in [0.717, 1.165) is 11.1 Å². The van der Waals surface area contributed by atoms with Crippen molar-refractivity contribution in [1.29, 1.82) is 5.26 Å². The molecule has 0 aliphatic heterocycles. The van der Waals surface area contributed by atoms with Gasteiger partial charge in [-0.3, -0.25) is 0 Å². The number of carboxylic acid groups (broad SMARTS) is 1. The number of methoxy groups -OCH3 is 1. The zero-order chi connectivity index (χ0) is 19.1. The molecule has 1 heterocycles.